The molecule has 0 saturated heterocycles. The molecule has 0 aliphatic rings. The largest absolute Gasteiger partial charge is 0.466 e. The summed E-state index contributed by atoms with van der Waals surface area (Å²) < 4.78 is 73.3. The third kappa shape index (κ3) is 3.94. The number of Topliss-reactive ketones (excluding diaryl/α,β-unsaturated/α-hetero) is 1. The third-order valence-corrected chi connectivity index (χ3v) is 2.53. The van der Waals surface area contributed by atoms with Gasteiger partial charge in [0.05, 0.1) is 11.5 Å². The number of alkyl halides is 2. The Bertz CT molecular complexity index is 693. The minimum absolute atomic E-state index is 0.186. The summed E-state index contributed by atoms with van der Waals surface area (Å²) in [7, 11) is 0. The molecule has 0 heterocycles. The zero-order valence-electron chi connectivity index (χ0n) is 11.8. The van der Waals surface area contributed by atoms with Crippen LogP contribution in [0.5, 0.6) is 5.75 Å². The number of nitrogens with zero attached hydrogens (tertiary/aromatic N) is 1. The molecule has 132 valence electrons. The average molecular weight is 357 g/mol. The number of benzene rings is 1. The van der Waals surface area contributed by atoms with Gasteiger partial charge in [-0.2, -0.15) is 17.6 Å². The lowest BCUT2D eigenvalue weighted by atomic mass is 10.0. The van der Waals surface area contributed by atoms with Crippen molar-refractivity contribution in [2.45, 2.75) is 20.0 Å². The highest BCUT2D eigenvalue weighted by molar-refractivity contribution is 6.08. The van der Waals surface area contributed by atoms with Gasteiger partial charge in [-0.25, -0.2) is 4.39 Å². The first-order valence-corrected chi connectivity index (χ1v) is 6.10. The molecule has 0 radical (unpaired) electrons. The van der Waals surface area contributed by atoms with Crippen molar-refractivity contribution in [2.24, 2.45) is 0 Å². The van der Waals surface area contributed by atoms with Gasteiger partial charge >= 0.3 is 18.3 Å². The summed E-state index contributed by atoms with van der Waals surface area (Å²) in [4.78, 5) is 32.1. The molecule has 1 aromatic rings. The lowest BCUT2D eigenvalue weighted by molar-refractivity contribution is -0.388. The molecule has 0 unspecified atom stereocenters. The van der Waals surface area contributed by atoms with Crippen molar-refractivity contribution in [1.82, 2.24) is 0 Å². The lowest BCUT2D eigenvalue weighted by Gasteiger charge is -2.11. The lowest BCUT2D eigenvalue weighted by Crippen LogP contribution is -2.18. The van der Waals surface area contributed by atoms with Crippen molar-refractivity contribution < 1.29 is 45.9 Å². The highest BCUT2D eigenvalue weighted by atomic mass is 19.3. The van der Waals surface area contributed by atoms with Crippen molar-refractivity contribution in [3.63, 3.8) is 0 Å². The van der Waals surface area contributed by atoms with Gasteiger partial charge in [0.25, 0.3) is 0 Å². The van der Waals surface area contributed by atoms with Crippen LogP contribution in [-0.4, -0.2) is 29.9 Å². The molecule has 0 amide bonds. The van der Waals surface area contributed by atoms with E-state index in [1.165, 1.54) is 6.92 Å². The van der Waals surface area contributed by atoms with E-state index in [0.29, 0.717) is 0 Å². The topological polar surface area (TPSA) is 95.7 Å². The summed E-state index contributed by atoms with van der Waals surface area (Å²) >= 11 is 0. The van der Waals surface area contributed by atoms with Gasteiger partial charge in [0.15, 0.2) is 11.6 Å². The van der Waals surface area contributed by atoms with Crippen LogP contribution in [0.4, 0.5) is 27.6 Å². The molecule has 12 heteroatoms. The first-order valence-electron chi connectivity index (χ1n) is 6.10. The fraction of sp³-hybridized carbons (Fsp3) is 0.333. The number of hydrogen-bond donors (Lipinski definition) is 0. The summed E-state index contributed by atoms with van der Waals surface area (Å²) in [5, 5.41) is 10.8. The number of carbonyl (C=O) groups excluding carboxylic acids is 2. The maximum atomic E-state index is 14.0. The maximum Gasteiger partial charge on any atom is 0.387 e. The molecule has 0 N–H and O–H groups in total. The smallest absolute Gasteiger partial charge is 0.387 e. The highest BCUT2D eigenvalue weighted by Crippen LogP contribution is 2.36. The minimum Gasteiger partial charge on any atom is -0.466 e. The molecule has 1 rings (SSSR count). The fourth-order valence-electron chi connectivity index (χ4n) is 1.68. The number of halogens is 5. The number of hydrogen-bond acceptors (Lipinski definition) is 6. The molecule has 0 aromatic heterocycles. The first-order chi connectivity index (χ1) is 11.1. The van der Waals surface area contributed by atoms with E-state index < -0.39 is 64.2 Å². The number of nitro groups is 1. The van der Waals surface area contributed by atoms with Crippen LogP contribution < -0.4 is 4.74 Å². The van der Waals surface area contributed by atoms with E-state index in [-0.39, 0.29) is 6.61 Å². The zero-order chi connectivity index (χ0) is 18.6. The molecule has 0 bridgehead atoms. The van der Waals surface area contributed by atoms with Gasteiger partial charge in [-0.3, -0.25) is 19.7 Å². The first kappa shape index (κ1) is 19.3. The number of rotatable bonds is 7. The van der Waals surface area contributed by atoms with Crippen molar-refractivity contribution in [2.75, 3.05) is 6.61 Å². The Kier molecular flexibility index (Phi) is 6.14. The second-order valence-electron chi connectivity index (χ2n) is 4.04. The Balaban J connectivity index is 3.55. The van der Waals surface area contributed by atoms with Gasteiger partial charge in [0.1, 0.15) is 12.0 Å². The number of esters is 1. The summed E-state index contributed by atoms with van der Waals surface area (Å²) in [6.07, 6.45) is -1.26. The van der Waals surface area contributed by atoms with Crippen LogP contribution in [0.15, 0.2) is 0 Å². The Morgan fingerprint density at radius 1 is 1.17 bits per heavy atom. The third-order valence-electron chi connectivity index (χ3n) is 2.53. The van der Waals surface area contributed by atoms with Crippen LogP contribution in [-0.2, 0) is 9.53 Å². The predicted molar refractivity (Wildman–Crippen MR) is 65.2 cm³/mol. The fourth-order valence-corrected chi connectivity index (χ4v) is 1.68. The minimum atomic E-state index is -3.80. The molecule has 0 fully saturated rings. The van der Waals surface area contributed by atoms with Gasteiger partial charge < -0.3 is 9.47 Å². The van der Waals surface area contributed by atoms with E-state index in [2.05, 4.69) is 9.47 Å². The summed E-state index contributed by atoms with van der Waals surface area (Å²) in [5.74, 6) is -11.9. The Morgan fingerprint density at radius 2 is 1.75 bits per heavy atom. The molecular weight excluding hydrogens is 349 g/mol. The summed E-state index contributed by atoms with van der Waals surface area (Å²) in [6.45, 7) is -2.63. The van der Waals surface area contributed by atoms with Crippen LogP contribution in [0.1, 0.15) is 23.7 Å². The van der Waals surface area contributed by atoms with Crippen LogP contribution >= 0.6 is 0 Å². The van der Waals surface area contributed by atoms with E-state index in [1.54, 1.807) is 0 Å². The van der Waals surface area contributed by atoms with Crippen molar-refractivity contribution in [3.8, 4) is 5.75 Å². The van der Waals surface area contributed by atoms with Crippen molar-refractivity contribution >= 4 is 17.4 Å². The van der Waals surface area contributed by atoms with Gasteiger partial charge in [-0.05, 0) is 6.92 Å². The van der Waals surface area contributed by atoms with Crippen LogP contribution in [0.25, 0.3) is 0 Å². The molecule has 7 nitrogen and oxygen atoms in total. The number of nitro benzene ring substituents is 1. The van der Waals surface area contributed by atoms with Gasteiger partial charge in [0, 0.05) is 0 Å². The molecule has 0 saturated carbocycles. The molecule has 1 aromatic carbocycles. The average Bonchev–Trinajstić information content (AvgIpc) is 2.46. The Hall–Kier alpha value is -2.79. The van der Waals surface area contributed by atoms with E-state index in [4.69, 9.17) is 0 Å². The van der Waals surface area contributed by atoms with Gasteiger partial charge in [-0.15, -0.1) is 0 Å². The summed E-state index contributed by atoms with van der Waals surface area (Å²) in [5.41, 5.74) is -3.65. The second-order valence-corrected chi connectivity index (χ2v) is 4.04. The monoisotopic (exact) mass is 357 g/mol. The van der Waals surface area contributed by atoms with E-state index in [1.807, 2.05) is 0 Å². The Labute approximate surface area is 130 Å². The van der Waals surface area contributed by atoms with E-state index in [9.17, 15) is 41.7 Å². The van der Waals surface area contributed by atoms with Gasteiger partial charge in [-0.1, -0.05) is 0 Å². The molecule has 0 atom stereocenters. The quantitative estimate of drug-likeness (QED) is 0.142. The summed E-state index contributed by atoms with van der Waals surface area (Å²) in [6, 6.07) is 0. The molecular formula is C12H8F5NO6. The molecule has 0 spiro atoms. The Morgan fingerprint density at radius 3 is 2.21 bits per heavy atom. The van der Waals surface area contributed by atoms with Crippen LogP contribution in [0, 0.1) is 27.6 Å². The van der Waals surface area contributed by atoms with Crippen molar-refractivity contribution in [3.05, 3.63) is 33.1 Å². The SMILES string of the molecule is CCOC(=O)CC(=O)c1c(F)c(OC(F)F)c(F)c(F)c1[N+](=O)[O-]. The van der Waals surface area contributed by atoms with Crippen LogP contribution in [0.2, 0.25) is 0 Å². The number of ketones is 1. The molecule has 24 heavy (non-hydrogen) atoms. The second kappa shape index (κ2) is 7.66. The molecule has 0 aliphatic heterocycles. The standard InChI is InChI=1S/C12H8F5NO6/c1-2-23-5(20)3-4(19)6-7(13)11(24-12(16)17)9(15)8(14)10(6)18(21)22/h12H,2-3H2,1H3. The van der Waals surface area contributed by atoms with Gasteiger partial charge in [0.2, 0.25) is 17.4 Å². The number of ether oxygens (including phenoxy) is 2. The predicted octanol–water partition coefficient (Wildman–Crippen LogP) is 2.75. The maximum absolute atomic E-state index is 14.0. The molecule has 0 aliphatic carbocycles. The number of carbonyl (C=O) groups is 2. The van der Waals surface area contributed by atoms with Crippen LogP contribution in [0.3, 0.4) is 0 Å². The van der Waals surface area contributed by atoms with E-state index >= 15 is 0 Å². The van der Waals surface area contributed by atoms with Crippen molar-refractivity contribution in [1.29, 1.82) is 0 Å². The van der Waals surface area contributed by atoms with E-state index in [0.717, 1.165) is 0 Å². The highest BCUT2D eigenvalue weighted by Gasteiger charge is 2.38. The zero-order valence-corrected chi connectivity index (χ0v) is 11.8. The normalized spacial score (nSPS) is 10.6.